The Morgan fingerprint density at radius 3 is 2.72 bits per heavy atom. The van der Waals surface area contributed by atoms with Crippen LogP contribution in [0.3, 0.4) is 0 Å². The maximum Gasteiger partial charge on any atom is 0.246 e. The van der Waals surface area contributed by atoms with E-state index in [1.807, 2.05) is 60.8 Å². The lowest BCUT2D eigenvalue weighted by molar-refractivity contribution is -0.125. The summed E-state index contributed by atoms with van der Waals surface area (Å²) in [4.78, 5) is 18.3. The Kier molecular flexibility index (Phi) is 5.33. The molecule has 0 aliphatic heterocycles. The van der Waals surface area contributed by atoms with Gasteiger partial charge in [0.2, 0.25) is 5.91 Å². The summed E-state index contributed by atoms with van der Waals surface area (Å²) in [5.74, 6) is 0.619. The fourth-order valence-corrected chi connectivity index (χ4v) is 2.95. The second-order valence-corrected chi connectivity index (χ2v) is 6.56. The molecule has 1 aromatic carbocycles. The average molecular weight is 384 g/mol. The molecular weight excluding hydrogens is 364 g/mol. The lowest BCUT2D eigenvalue weighted by Crippen LogP contribution is -2.23. The summed E-state index contributed by atoms with van der Waals surface area (Å²) >= 11 is 0. The molecule has 0 fully saturated rings. The minimum atomic E-state index is -0.119. The predicted molar refractivity (Wildman–Crippen MR) is 111 cm³/mol. The Bertz CT molecular complexity index is 1100. The SMILES string of the molecule is CN(Cc1ccco1)C(=O)/C=C/c1cn(-c2ccccc2)nc1-c1cccnc1. The third kappa shape index (κ3) is 4.32. The van der Waals surface area contributed by atoms with Crippen molar-refractivity contribution in [3.63, 3.8) is 0 Å². The number of rotatable bonds is 6. The lowest BCUT2D eigenvalue weighted by Gasteiger charge is -2.12. The minimum Gasteiger partial charge on any atom is -0.467 e. The standard InChI is InChI=1S/C23H20N4O2/c1-26(17-21-10-6-14-29-21)22(28)12-11-19-16-27(20-8-3-2-4-9-20)25-23(19)18-7-5-13-24-15-18/h2-16H,17H2,1H3/b12-11+. The van der Waals surface area contributed by atoms with Crippen molar-refractivity contribution in [1.29, 1.82) is 0 Å². The quantitative estimate of drug-likeness (QED) is 0.468. The normalized spacial score (nSPS) is 11.1. The number of hydrogen-bond acceptors (Lipinski definition) is 4. The molecule has 0 saturated heterocycles. The molecule has 3 heterocycles. The smallest absolute Gasteiger partial charge is 0.246 e. The highest BCUT2D eigenvalue weighted by molar-refractivity contribution is 5.92. The van der Waals surface area contributed by atoms with Crippen molar-refractivity contribution in [2.24, 2.45) is 0 Å². The van der Waals surface area contributed by atoms with Crippen molar-refractivity contribution in [2.45, 2.75) is 6.54 Å². The van der Waals surface area contributed by atoms with Crippen LogP contribution in [0.15, 0.2) is 89.9 Å². The molecule has 0 N–H and O–H groups in total. The second-order valence-electron chi connectivity index (χ2n) is 6.56. The monoisotopic (exact) mass is 384 g/mol. The molecule has 0 aliphatic rings. The highest BCUT2D eigenvalue weighted by Crippen LogP contribution is 2.24. The lowest BCUT2D eigenvalue weighted by atomic mass is 10.1. The number of carbonyl (C=O) groups is 1. The van der Waals surface area contributed by atoms with Crippen LogP contribution in [0.1, 0.15) is 11.3 Å². The first-order valence-electron chi connectivity index (χ1n) is 9.22. The van der Waals surface area contributed by atoms with E-state index in [4.69, 9.17) is 9.52 Å². The molecule has 0 radical (unpaired) electrons. The predicted octanol–water partition coefficient (Wildman–Crippen LogP) is 4.20. The zero-order chi connectivity index (χ0) is 20.1. The van der Waals surface area contributed by atoms with Crippen LogP contribution >= 0.6 is 0 Å². The zero-order valence-corrected chi connectivity index (χ0v) is 16.0. The van der Waals surface area contributed by atoms with E-state index in [1.165, 1.54) is 0 Å². The molecule has 0 spiro atoms. The van der Waals surface area contributed by atoms with Crippen LogP contribution in [-0.2, 0) is 11.3 Å². The molecule has 1 amide bonds. The molecule has 29 heavy (non-hydrogen) atoms. The van der Waals surface area contributed by atoms with Crippen molar-refractivity contribution in [3.8, 4) is 16.9 Å². The van der Waals surface area contributed by atoms with Gasteiger partial charge in [0, 0.05) is 42.8 Å². The second kappa shape index (κ2) is 8.39. The van der Waals surface area contributed by atoms with Gasteiger partial charge in [-0.25, -0.2) is 4.68 Å². The van der Waals surface area contributed by atoms with Gasteiger partial charge < -0.3 is 9.32 Å². The van der Waals surface area contributed by atoms with E-state index in [0.717, 1.165) is 28.3 Å². The van der Waals surface area contributed by atoms with Gasteiger partial charge in [-0.1, -0.05) is 18.2 Å². The van der Waals surface area contributed by atoms with Crippen molar-refractivity contribution in [3.05, 3.63) is 96.9 Å². The Hall–Kier alpha value is -3.93. The zero-order valence-electron chi connectivity index (χ0n) is 16.0. The topological polar surface area (TPSA) is 64.2 Å². The van der Waals surface area contributed by atoms with Crippen molar-refractivity contribution < 1.29 is 9.21 Å². The summed E-state index contributed by atoms with van der Waals surface area (Å²) < 4.78 is 7.11. The van der Waals surface area contributed by atoms with Crippen LogP contribution in [0.4, 0.5) is 0 Å². The minimum absolute atomic E-state index is 0.119. The molecule has 0 aliphatic carbocycles. The molecule has 4 aromatic rings. The largest absolute Gasteiger partial charge is 0.467 e. The third-order valence-corrected chi connectivity index (χ3v) is 4.45. The first-order chi connectivity index (χ1) is 14.2. The van der Waals surface area contributed by atoms with E-state index in [9.17, 15) is 4.79 Å². The summed E-state index contributed by atoms with van der Waals surface area (Å²) in [7, 11) is 1.74. The van der Waals surface area contributed by atoms with E-state index >= 15 is 0 Å². The molecular formula is C23H20N4O2. The fourth-order valence-electron chi connectivity index (χ4n) is 2.95. The van der Waals surface area contributed by atoms with Crippen molar-refractivity contribution in [1.82, 2.24) is 19.7 Å². The van der Waals surface area contributed by atoms with Gasteiger partial charge in [-0.05, 0) is 42.5 Å². The number of furan rings is 1. The molecule has 0 atom stereocenters. The van der Waals surface area contributed by atoms with E-state index < -0.39 is 0 Å². The number of benzene rings is 1. The Morgan fingerprint density at radius 1 is 1.14 bits per heavy atom. The first-order valence-corrected chi connectivity index (χ1v) is 9.22. The summed E-state index contributed by atoms with van der Waals surface area (Å²) in [5, 5.41) is 4.72. The summed E-state index contributed by atoms with van der Waals surface area (Å²) in [6.45, 7) is 0.412. The molecule has 0 saturated carbocycles. The number of likely N-dealkylation sites (N-methyl/N-ethyl adjacent to an activating group) is 1. The van der Waals surface area contributed by atoms with Crippen LogP contribution in [-0.4, -0.2) is 32.6 Å². The van der Waals surface area contributed by atoms with Gasteiger partial charge in [-0.2, -0.15) is 5.10 Å². The van der Waals surface area contributed by atoms with Gasteiger partial charge >= 0.3 is 0 Å². The summed E-state index contributed by atoms with van der Waals surface area (Å²) in [6.07, 6.45) is 10.3. The van der Waals surface area contributed by atoms with Gasteiger partial charge in [0.15, 0.2) is 0 Å². The van der Waals surface area contributed by atoms with Crippen LogP contribution in [0.25, 0.3) is 23.0 Å². The molecule has 6 heteroatoms. The van der Waals surface area contributed by atoms with Crippen LogP contribution < -0.4 is 0 Å². The average Bonchev–Trinajstić information content (AvgIpc) is 3.43. The highest BCUT2D eigenvalue weighted by atomic mass is 16.3. The van der Waals surface area contributed by atoms with E-state index in [0.29, 0.717) is 6.54 Å². The summed E-state index contributed by atoms with van der Waals surface area (Å²) in [6, 6.07) is 17.3. The van der Waals surface area contributed by atoms with E-state index in [1.54, 1.807) is 47.4 Å². The number of carbonyl (C=O) groups excluding carboxylic acids is 1. The number of nitrogens with zero attached hydrogens (tertiary/aromatic N) is 4. The Morgan fingerprint density at radius 2 is 2.00 bits per heavy atom. The van der Waals surface area contributed by atoms with Gasteiger partial charge in [0.25, 0.3) is 0 Å². The third-order valence-electron chi connectivity index (χ3n) is 4.45. The highest BCUT2D eigenvalue weighted by Gasteiger charge is 2.12. The first kappa shape index (κ1) is 18.4. The van der Waals surface area contributed by atoms with Crippen LogP contribution in [0.5, 0.6) is 0 Å². The maximum absolute atomic E-state index is 12.5. The van der Waals surface area contributed by atoms with Crippen molar-refractivity contribution in [2.75, 3.05) is 7.05 Å². The molecule has 0 unspecified atom stereocenters. The Labute approximate surface area is 168 Å². The number of para-hydroxylation sites is 1. The number of hydrogen-bond donors (Lipinski definition) is 0. The molecule has 4 rings (SSSR count). The molecule has 3 aromatic heterocycles. The van der Waals surface area contributed by atoms with Crippen LogP contribution in [0.2, 0.25) is 0 Å². The van der Waals surface area contributed by atoms with Gasteiger partial charge in [-0.15, -0.1) is 0 Å². The van der Waals surface area contributed by atoms with E-state index in [-0.39, 0.29) is 5.91 Å². The molecule has 144 valence electrons. The van der Waals surface area contributed by atoms with E-state index in [2.05, 4.69) is 4.98 Å². The van der Waals surface area contributed by atoms with Crippen molar-refractivity contribution >= 4 is 12.0 Å². The van der Waals surface area contributed by atoms with Gasteiger partial charge in [-0.3, -0.25) is 9.78 Å². The summed E-state index contributed by atoms with van der Waals surface area (Å²) in [5.41, 5.74) is 3.43. The Balaban J connectivity index is 1.62. The fraction of sp³-hybridized carbons (Fsp3) is 0.0870. The number of amides is 1. The maximum atomic E-state index is 12.5. The van der Waals surface area contributed by atoms with Crippen LogP contribution in [0, 0.1) is 0 Å². The molecule has 6 nitrogen and oxygen atoms in total. The number of pyridine rings is 1. The number of aromatic nitrogens is 3. The van der Waals surface area contributed by atoms with Gasteiger partial charge in [0.05, 0.1) is 18.5 Å². The van der Waals surface area contributed by atoms with Gasteiger partial charge in [0.1, 0.15) is 11.5 Å². The molecule has 0 bridgehead atoms.